The van der Waals surface area contributed by atoms with Gasteiger partial charge in [-0.1, -0.05) is 18.2 Å². The van der Waals surface area contributed by atoms with Gasteiger partial charge in [-0.05, 0) is 18.6 Å². The van der Waals surface area contributed by atoms with Gasteiger partial charge in [0, 0.05) is 24.6 Å². The van der Waals surface area contributed by atoms with Crippen molar-refractivity contribution in [2.75, 3.05) is 32.1 Å². The van der Waals surface area contributed by atoms with E-state index in [1.807, 2.05) is 19.1 Å². The zero-order valence-electron chi connectivity index (χ0n) is 15.1. The normalized spacial score (nSPS) is 10.4. The van der Waals surface area contributed by atoms with E-state index in [4.69, 9.17) is 9.84 Å². The van der Waals surface area contributed by atoms with Crippen molar-refractivity contribution in [3.8, 4) is 0 Å². The average Bonchev–Trinajstić information content (AvgIpc) is 3.04. The number of benzene rings is 1. The van der Waals surface area contributed by atoms with Crippen LogP contribution in [-0.2, 0) is 20.7 Å². The van der Waals surface area contributed by atoms with Gasteiger partial charge in [-0.25, -0.2) is 4.98 Å². The highest BCUT2D eigenvalue weighted by Crippen LogP contribution is 2.16. The number of thiazole rings is 1. The first-order chi connectivity index (χ1) is 12.9. The molecule has 0 fully saturated rings. The van der Waals surface area contributed by atoms with E-state index >= 15 is 0 Å². The third-order valence-electron chi connectivity index (χ3n) is 3.69. The van der Waals surface area contributed by atoms with E-state index in [2.05, 4.69) is 10.3 Å². The zero-order chi connectivity index (χ0) is 19.8. The summed E-state index contributed by atoms with van der Waals surface area (Å²) in [6.45, 7) is 2.23. The number of nitrogens with one attached hydrogen (secondary N) is 1. The number of hydrogen-bond acceptors (Lipinski definition) is 6. The first kappa shape index (κ1) is 20.5. The molecule has 1 heterocycles. The number of aliphatic carboxylic acids is 1. The Morgan fingerprint density at radius 3 is 2.70 bits per heavy atom. The number of carboxylic acid groups (broad SMARTS) is 1. The molecule has 144 valence electrons. The van der Waals surface area contributed by atoms with Gasteiger partial charge in [0.1, 0.15) is 6.54 Å². The summed E-state index contributed by atoms with van der Waals surface area (Å²) >= 11 is 1.14. The molecule has 0 bridgehead atoms. The van der Waals surface area contributed by atoms with Gasteiger partial charge in [0.05, 0.1) is 18.7 Å². The molecular weight excluding hydrogens is 370 g/mol. The van der Waals surface area contributed by atoms with Gasteiger partial charge in [0.15, 0.2) is 5.13 Å². The Morgan fingerprint density at radius 1 is 1.30 bits per heavy atom. The molecule has 0 aliphatic rings. The van der Waals surface area contributed by atoms with Crippen LogP contribution in [0.2, 0.25) is 0 Å². The Kier molecular flexibility index (Phi) is 7.44. The van der Waals surface area contributed by atoms with E-state index in [1.54, 1.807) is 17.5 Å². The fourth-order valence-electron chi connectivity index (χ4n) is 2.37. The van der Waals surface area contributed by atoms with Crippen LogP contribution in [-0.4, -0.2) is 59.6 Å². The number of aryl methyl sites for hydroxylation is 1. The molecule has 9 heteroatoms. The van der Waals surface area contributed by atoms with Gasteiger partial charge >= 0.3 is 5.97 Å². The number of carbonyl (C=O) groups is 3. The molecule has 8 nitrogen and oxygen atoms in total. The maximum Gasteiger partial charge on any atom is 0.309 e. The average molecular weight is 391 g/mol. The van der Waals surface area contributed by atoms with E-state index in [0.29, 0.717) is 23.0 Å². The second kappa shape index (κ2) is 9.79. The SMILES string of the molecule is COCCN(CC(=O)Nc1nc(CC(=O)O)cs1)C(=O)c1ccccc1C. The van der Waals surface area contributed by atoms with Crippen molar-refractivity contribution in [3.05, 3.63) is 46.5 Å². The summed E-state index contributed by atoms with van der Waals surface area (Å²) in [7, 11) is 1.52. The van der Waals surface area contributed by atoms with Crippen molar-refractivity contribution in [2.24, 2.45) is 0 Å². The zero-order valence-corrected chi connectivity index (χ0v) is 15.9. The van der Waals surface area contributed by atoms with Crippen LogP contribution in [0.1, 0.15) is 21.6 Å². The molecule has 1 aromatic heterocycles. The van der Waals surface area contributed by atoms with Crippen LogP contribution < -0.4 is 5.32 Å². The highest BCUT2D eigenvalue weighted by Gasteiger charge is 2.20. The fraction of sp³-hybridized carbons (Fsp3) is 0.333. The van der Waals surface area contributed by atoms with Gasteiger partial charge in [-0.15, -0.1) is 11.3 Å². The van der Waals surface area contributed by atoms with Crippen LogP contribution in [0.3, 0.4) is 0 Å². The highest BCUT2D eigenvalue weighted by atomic mass is 32.1. The van der Waals surface area contributed by atoms with Crippen LogP contribution >= 0.6 is 11.3 Å². The number of rotatable bonds is 9. The molecule has 0 spiro atoms. The molecule has 2 N–H and O–H groups in total. The fourth-order valence-corrected chi connectivity index (χ4v) is 3.10. The number of ether oxygens (including phenoxy) is 1. The predicted molar refractivity (Wildman–Crippen MR) is 101 cm³/mol. The van der Waals surface area contributed by atoms with Crippen molar-refractivity contribution < 1.29 is 24.2 Å². The van der Waals surface area contributed by atoms with Crippen molar-refractivity contribution >= 4 is 34.3 Å². The van der Waals surface area contributed by atoms with Crippen LogP contribution in [0.25, 0.3) is 0 Å². The lowest BCUT2D eigenvalue weighted by atomic mass is 10.1. The molecule has 27 heavy (non-hydrogen) atoms. The van der Waals surface area contributed by atoms with Crippen LogP contribution in [0, 0.1) is 6.92 Å². The molecule has 0 aliphatic carbocycles. The number of nitrogens with zero attached hydrogens (tertiary/aromatic N) is 2. The van der Waals surface area contributed by atoms with Crippen molar-refractivity contribution in [3.63, 3.8) is 0 Å². The maximum absolute atomic E-state index is 12.8. The number of anilines is 1. The summed E-state index contributed by atoms with van der Waals surface area (Å²) in [5.74, 6) is -1.66. The molecule has 0 saturated heterocycles. The minimum Gasteiger partial charge on any atom is -0.481 e. The monoisotopic (exact) mass is 391 g/mol. The maximum atomic E-state index is 12.8. The Hall–Kier alpha value is -2.78. The lowest BCUT2D eigenvalue weighted by Crippen LogP contribution is -2.40. The summed E-state index contributed by atoms with van der Waals surface area (Å²) in [6, 6.07) is 7.17. The van der Waals surface area contributed by atoms with Crippen LogP contribution in [0.15, 0.2) is 29.6 Å². The number of carbonyl (C=O) groups excluding carboxylic acids is 2. The largest absolute Gasteiger partial charge is 0.481 e. The van der Waals surface area contributed by atoms with Gasteiger partial charge < -0.3 is 20.1 Å². The lowest BCUT2D eigenvalue weighted by molar-refractivity contribution is -0.136. The van der Waals surface area contributed by atoms with Gasteiger partial charge in [0.25, 0.3) is 5.91 Å². The highest BCUT2D eigenvalue weighted by molar-refractivity contribution is 7.13. The number of amides is 2. The number of methoxy groups -OCH3 is 1. The van der Waals surface area contributed by atoms with Crippen molar-refractivity contribution in [1.29, 1.82) is 0 Å². The lowest BCUT2D eigenvalue weighted by Gasteiger charge is -2.22. The first-order valence-electron chi connectivity index (χ1n) is 8.20. The first-order valence-corrected chi connectivity index (χ1v) is 9.08. The third-order valence-corrected chi connectivity index (χ3v) is 4.50. The van der Waals surface area contributed by atoms with E-state index in [-0.39, 0.29) is 25.4 Å². The summed E-state index contributed by atoms with van der Waals surface area (Å²) < 4.78 is 5.04. The number of carboxylic acids is 1. The molecule has 2 aromatic rings. The molecule has 0 aliphatic heterocycles. The smallest absolute Gasteiger partial charge is 0.309 e. The topological polar surface area (TPSA) is 109 Å². The van der Waals surface area contributed by atoms with Crippen molar-refractivity contribution in [1.82, 2.24) is 9.88 Å². The molecule has 1 aromatic carbocycles. The van der Waals surface area contributed by atoms with Crippen molar-refractivity contribution in [2.45, 2.75) is 13.3 Å². The van der Waals surface area contributed by atoms with Crippen LogP contribution in [0.5, 0.6) is 0 Å². The molecule has 2 amide bonds. The summed E-state index contributed by atoms with van der Waals surface area (Å²) in [5.41, 5.74) is 1.72. The Labute approximate surface area is 160 Å². The quantitative estimate of drug-likeness (QED) is 0.675. The van der Waals surface area contributed by atoms with Gasteiger partial charge in [-0.3, -0.25) is 14.4 Å². The molecular formula is C18H21N3O5S. The summed E-state index contributed by atoms with van der Waals surface area (Å²) in [6.07, 6.45) is -0.210. The summed E-state index contributed by atoms with van der Waals surface area (Å²) in [5, 5.41) is 13.2. The third kappa shape index (κ3) is 6.15. The molecule has 2 rings (SSSR count). The minimum absolute atomic E-state index is 0.162. The standard InChI is InChI=1S/C18H21N3O5S/c1-12-5-3-4-6-14(12)17(25)21(7-8-26-2)10-15(22)20-18-19-13(11-27-18)9-16(23)24/h3-6,11H,7-10H2,1-2H3,(H,23,24)(H,19,20,22). The Morgan fingerprint density at radius 2 is 2.04 bits per heavy atom. The van der Waals surface area contributed by atoms with E-state index in [9.17, 15) is 14.4 Å². The molecule has 0 saturated carbocycles. The van der Waals surface area contributed by atoms with E-state index < -0.39 is 11.9 Å². The Bertz CT molecular complexity index is 821. The predicted octanol–water partition coefficient (Wildman–Crippen LogP) is 1.81. The minimum atomic E-state index is -0.993. The Balaban J connectivity index is 2.05. The van der Waals surface area contributed by atoms with E-state index in [0.717, 1.165) is 16.9 Å². The number of hydrogen-bond donors (Lipinski definition) is 2. The van der Waals surface area contributed by atoms with Gasteiger partial charge in [-0.2, -0.15) is 0 Å². The van der Waals surface area contributed by atoms with Gasteiger partial charge in [0.2, 0.25) is 5.91 Å². The van der Waals surface area contributed by atoms with E-state index in [1.165, 1.54) is 12.0 Å². The second-order valence-electron chi connectivity index (χ2n) is 5.80. The molecule has 0 atom stereocenters. The molecule has 0 unspecified atom stereocenters. The number of aromatic nitrogens is 1. The van der Waals surface area contributed by atoms with Crippen LogP contribution in [0.4, 0.5) is 5.13 Å². The summed E-state index contributed by atoms with van der Waals surface area (Å²) in [4.78, 5) is 41.3. The molecule has 0 radical (unpaired) electrons. The second-order valence-corrected chi connectivity index (χ2v) is 6.66.